The Balaban J connectivity index is 2.86. The molecule has 0 saturated carbocycles. The van der Waals surface area contributed by atoms with Crippen LogP contribution in [0.25, 0.3) is 0 Å². The first-order valence-electron chi connectivity index (χ1n) is 5.99. The van der Waals surface area contributed by atoms with Crippen LogP contribution in [-0.2, 0) is 11.0 Å². The van der Waals surface area contributed by atoms with Gasteiger partial charge in [-0.05, 0) is 32.0 Å². The van der Waals surface area contributed by atoms with E-state index in [1.165, 1.54) is 17.0 Å². The second kappa shape index (κ2) is 6.35. The summed E-state index contributed by atoms with van der Waals surface area (Å²) in [7, 11) is 1.60. The van der Waals surface area contributed by atoms with Crippen molar-refractivity contribution < 1.29 is 18.0 Å². The fraction of sp³-hybridized carbons (Fsp3) is 0.462. The number of alkyl halides is 3. The van der Waals surface area contributed by atoms with Crippen molar-refractivity contribution in [1.82, 2.24) is 4.90 Å². The first kappa shape index (κ1) is 16.6. The predicted octanol–water partition coefficient (Wildman–Crippen LogP) is 3.64. The van der Waals surface area contributed by atoms with E-state index in [4.69, 9.17) is 11.6 Å². The van der Waals surface area contributed by atoms with Gasteiger partial charge in [-0.1, -0.05) is 11.6 Å². The third-order valence-electron chi connectivity index (χ3n) is 2.89. The van der Waals surface area contributed by atoms with Crippen molar-refractivity contribution in [2.75, 3.05) is 18.9 Å². The quantitative estimate of drug-likeness (QED) is 0.921. The Morgan fingerprint density at radius 1 is 1.40 bits per heavy atom. The van der Waals surface area contributed by atoms with E-state index in [-0.39, 0.29) is 29.2 Å². The largest absolute Gasteiger partial charge is 0.418 e. The van der Waals surface area contributed by atoms with E-state index in [1.807, 2.05) is 13.8 Å². The minimum absolute atomic E-state index is 0.00602. The summed E-state index contributed by atoms with van der Waals surface area (Å²) in [6.07, 6.45) is -4.53. The number of nitrogens with one attached hydrogen (secondary N) is 1. The molecule has 1 aromatic rings. The van der Waals surface area contributed by atoms with Gasteiger partial charge in [-0.15, -0.1) is 0 Å². The molecule has 0 fully saturated rings. The number of hydrogen-bond acceptors (Lipinski definition) is 2. The molecule has 3 nitrogen and oxygen atoms in total. The Hall–Kier alpha value is -1.43. The molecule has 1 amide bonds. The molecule has 0 spiro atoms. The molecular weight excluding hydrogens is 293 g/mol. The second-order valence-corrected chi connectivity index (χ2v) is 5.08. The lowest BCUT2D eigenvalue weighted by Crippen LogP contribution is -2.37. The fourth-order valence-electron chi connectivity index (χ4n) is 1.49. The molecule has 0 heterocycles. The lowest BCUT2D eigenvalue weighted by molar-refractivity contribution is -0.137. The van der Waals surface area contributed by atoms with Gasteiger partial charge in [-0.3, -0.25) is 4.79 Å². The zero-order chi connectivity index (χ0) is 15.5. The summed E-state index contributed by atoms with van der Waals surface area (Å²) in [5, 5.41) is 2.51. The molecule has 0 aromatic heterocycles. The van der Waals surface area contributed by atoms with Gasteiger partial charge in [-0.2, -0.15) is 13.2 Å². The summed E-state index contributed by atoms with van der Waals surface area (Å²) in [6, 6.07) is 3.38. The second-order valence-electron chi connectivity index (χ2n) is 4.64. The third kappa shape index (κ3) is 4.30. The molecular formula is C13H16ClF3N2O. The average molecular weight is 309 g/mol. The van der Waals surface area contributed by atoms with Crippen LogP contribution in [0.2, 0.25) is 5.02 Å². The van der Waals surface area contributed by atoms with Gasteiger partial charge in [0.25, 0.3) is 0 Å². The van der Waals surface area contributed by atoms with E-state index in [0.717, 1.165) is 6.07 Å². The van der Waals surface area contributed by atoms with Crippen molar-refractivity contribution in [1.29, 1.82) is 0 Å². The number of benzene rings is 1. The summed E-state index contributed by atoms with van der Waals surface area (Å²) in [5.41, 5.74) is -1.04. The molecule has 112 valence electrons. The Labute approximate surface area is 120 Å². The number of hydrogen-bond donors (Lipinski definition) is 1. The zero-order valence-electron chi connectivity index (χ0n) is 11.4. The van der Waals surface area contributed by atoms with Crippen LogP contribution in [0.4, 0.5) is 18.9 Å². The van der Waals surface area contributed by atoms with E-state index in [1.54, 1.807) is 7.05 Å². The minimum Gasteiger partial charge on any atom is -0.376 e. The number of carbonyl (C=O) groups is 1. The van der Waals surface area contributed by atoms with Gasteiger partial charge in [0, 0.05) is 23.8 Å². The topological polar surface area (TPSA) is 32.3 Å². The first-order chi connectivity index (χ1) is 9.12. The Morgan fingerprint density at radius 2 is 2.00 bits per heavy atom. The van der Waals surface area contributed by atoms with E-state index in [2.05, 4.69) is 5.32 Å². The molecule has 1 N–H and O–H groups in total. The van der Waals surface area contributed by atoms with Crippen LogP contribution in [-0.4, -0.2) is 30.4 Å². The van der Waals surface area contributed by atoms with Crippen LogP contribution in [0.3, 0.4) is 0 Å². The summed E-state index contributed by atoms with van der Waals surface area (Å²) in [4.78, 5) is 13.2. The Bertz CT molecular complexity index is 489. The van der Waals surface area contributed by atoms with Crippen molar-refractivity contribution in [3.05, 3.63) is 28.8 Å². The van der Waals surface area contributed by atoms with Gasteiger partial charge < -0.3 is 10.2 Å². The SMILES string of the molecule is CC(C)N(C)C(=O)CNc1ccc(Cl)cc1C(F)(F)F. The number of likely N-dealkylation sites (N-methyl/N-ethyl adjacent to an activating group) is 1. The third-order valence-corrected chi connectivity index (χ3v) is 3.12. The van der Waals surface area contributed by atoms with Gasteiger partial charge in [0.1, 0.15) is 0 Å². The molecule has 1 aromatic carbocycles. The smallest absolute Gasteiger partial charge is 0.376 e. The summed E-state index contributed by atoms with van der Waals surface area (Å²) in [6.45, 7) is 3.43. The van der Waals surface area contributed by atoms with Crippen LogP contribution >= 0.6 is 11.6 Å². The monoisotopic (exact) mass is 308 g/mol. The lowest BCUT2D eigenvalue weighted by Gasteiger charge is -2.22. The lowest BCUT2D eigenvalue weighted by atomic mass is 10.1. The maximum absolute atomic E-state index is 12.8. The fourth-order valence-corrected chi connectivity index (χ4v) is 1.66. The highest BCUT2D eigenvalue weighted by Gasteiger charge is 2.33. The molecule has 20 heavy (non-hydrogen) atoms. The maximum Gasteiger partial charge on any atom is 0.418 e. The van der Waals surface area contributed by atoms with Crippen molar-refractivity contribution >= 4 is 23.2 Å². The number of amides is 1. The normalized spacial score (nSPS) is 11.6. The van der Waals surface area contributed by atoms with Gasteiger partial charge in [-0.25, -0.2) is 0 Å². The Kier molecular flexibility index (Phi) is 5.28. The highest BCUT2D eigenvalue weighted by molar-refractivity contribution is 6.30. The molecule has 0 bridgehead atoms. The zero-order valence-corrected chi connectivity index (χ0v) is 12.1. The van der Waals surface area contributed by atoms with Crippen LogP contribution < -0.4 is 5.32 Å². The number of carbonyl (C=O) groups excluding carboxylic acids is 1. The van der Waals surface area contributed by atoms with E-state index in [0.29, 0.717) is 0 Å². The van der Waals surface area contributed by atoms with Gasteiger partial charge >= 0.3 is 6.18 Å². The van der Waals surface area contributed by atoms with Crippen LogP contribution in [0.15, 0.2) is 18.2 Å². The average Bonchev–Trinajstić information content (AvgIpc) is 2.34. The van der Waals surface area contributed by atoms with E-state index in [9.17, 15) is 18.0 Å². The molecule has 0 atom stereocenters. The molecule has 0 unspecified atom stereocenters. The van der Waals surface area contributed by atoms with Crippen molar-refractivity contribution in [3.8, 4) is 0 Å². The molecule has 0 aliphatic rings. The van der Waals surface area contributed by atoms with Crippen LogP contribution in [0, 0.1) is 0 Å². The minimum atomic E-state index is -4.53. The summed E-state index contributed by atoms with van der Waals surface area (Å²) in [5.74, 6) is -0.289. The van der Waals surface area contributed by atoms with Crippen LogP contribution in [0.5, 0.6) is 0 Å². The highest BCUT2D eigenvalue weighted by Crippen LogP contribution is 2.36. The molecule has 0 radical (unpaired) electrons. The Morgan fingerprint density at radius 3 is 2.50 bits per heavy atom. The predicted molar refractivity (Wildman–Crippen MR) is 72.8 cm³/mol. The van der Waals surface area contributed by atoms with Crippen molar-refractivity contribution in [3.63, 3.8) is 0 Å². The number of halogens is 4. The van der Waals surface area contributed by atoms with Gasteiger partial charge in [0.05, 0.1) is 12.1 Å². The first-order valence-corrected chi connectivity index (χ1v) is 6.37. The van der Waals surface area contributed by atoms with Crippen LogP contribution in [0.1, 0.15) is 19.4 Å². The highest BCUT2D eigenvalue weighted by atomic mass is 35.5. The molecule has 0 aliphatic carbocycles. The van der Waals surface area contributed by atoms with Gasteiger partial charge in [0.2, 0.25) is 5.91 Å². The van der Waals surface area contributed by atoms with E-state index < -0.39 is 11.7 Å². The van der Waals surface area contributed by atoms with Crippen molar-refractivity contribution in [2.24, 2.45) is 0 Å². The maximum atomic E-state index is 12.8. The van der Waals surface area contributed by atoms with Crippen molar-refractivity contribution in [2.45, 2.75) is 26.1 Å². The molecule has 0 saturated heterocycles. The molecule has 1 rings (SSSR count). The summed E-state index contributed by atoms with van der Waals surface area (Å²) < 4.78 is 38.5. The molecule has 0 aliphatic heterocycles. The number of rotatable bonds is 4. The number of anilines is 1. The van der Waals surface area contributed by atoms with E-state index >= 15 is 0 Å². The summed E-state index contributed by atoms with van der Waals surface area (Å²) >= 11 is 5.57. The number of nitrogens with zero attached hydrogens (tertiary/aromatic N) is 1. The molecule has 7 heteroatoms. The standard InChI is InChI=1S/C13H16ClF3N2O/c1-8(2)19(3)12(20)7-18-11-5-4-9(14)6-10(11)13(15,16)17/h4-6,8,18H,7H2,1-3H3. The van der Waals surface area contributed by atoms with Gasteiger partial charge in [0.15, 0.2) is 0 Å².